The van der Waals surface area contributed by atoms with Crippen molar-refractivity contribution in [1.82, 2.24) is 19.9 Å². The maximum Gasteiger partial charge on any atom is 0.164 e. The molecular formula is C45H30N4O. The van der Waals surface area contributed by atoms with Crippen molar-refractivity contribution in [3.05, 3.63) is 170 Å². The Hall–Kier alpha value is -6.72. The van der Waals surface area contributed by atoms with Crippen molar-refractivity contribution in [3.8, 4) is 67.5 Å². The predicted molar refractivity (Wildman–Crippen MR) is 202 cm³/mol. The van der Waals surface area contributed by atoms with Crippen molar-refractivity contribution in [1.29, 1.82) is 0 Å². The third kappa shape index (κ3) is 5.51. The van der Waals surface area contributed by atoms with Gasteiger partial charge in [-0.25, -0.2) is 15.0 Å². The van der Waals surface area contributed by atoms with Crippen molar-refractivity contribution in [3.63, 3.8) is 0 Å². The zero-order chi connectivity index (χ0) is 33.4. The summed E-state index contributed by atoms with van der Waals surface area (Å²) in [5.74, 6) is 1.80. The molecule has 3 heterocycles. The summed E-state index contributed by atoms with van der Waals surface area (Å²) in [6.07, 6.45) is 3.70. The highest BCUT2D eigenvalue weighted by atomic mass is 16.3. The summed E-state index contributed by atoms with van der Waals surface area (Å²) in [7, 11) is 0. The van der Waals surface area contributed by atoms with Gasteiger partial charge in [0.05, 0.1) is 6.20 Å². The number of hydrogen-bond acceptors (Lipinski definition) is 5. The fraction of sp³-hybridized carbons (Fsp3) is 0.0222. The quantitative estimate of drug-likeness (QED) is 0.181. The SMILES string of the molecule is Cc1cccc(-c2ccc(-c3nc(-c4ccccc4)nc(-c4ccc5c(c4)oc4cncc(-c6ccc(-c7ccccc7)cc6)c45)n3)cc2)c1. The van der Waals surface area contributed by atoms with Crippen LogP contribution >= 0.6 is 0 Å². The van der Waals surface area contributed by atoms with Crippen LogP contribution in [0.1, 0.15) is 5.56 Å². The van der Waals surface area contributed by atoms with E-state index in [9.17, 15) is 0 Å². The first-order chi connectivity index (χ1) is 24.7. The Morgan fingerprint density at radius 2 is 0.920 bits per heavy atom. The van der Waals surface area contributed by atoms with Crippen molar-refractivity contribution < 1.29 is 4.42 Å². The molecule has 0 radical (unpaired) electrons. The van der Waals surface area contributed by atoms with Crippen LogP contribution in [0.25, 0.3) is 89.5 Å². The summed E-state index contributed by atoms with van der Waals surface area (Å²) < 4.78 is 6.43. The van der Waals surface area contributed by atoms with Crippen LogP contribution in [0.3, 0.4) is 0 Å². The molecule has 0 amide bonds. The van der Waals surface area contributed by atoms with E-state index in [2.05, 4.69) is 121 Å². The highest BCUT2D eigenvalue weighted by Crippen LogP contribution is 2.38. The topological polar surface area (TPSA) is 64.7 Å². The summed E-state index contributed by atoms with van der Waals surface area (Å²) in [5.41, 5.74) is 12.2. The lowest BCUT2D eigenvalue weighted by atomic mass is 9.98. The monoisotopic (exact) mass is 642 g/mol. The molecular weight excluding hydrogens is 613 g/mol. The molecule has 0 aliphatic rings. The molecule has 0 N–H and O–H groups in total. The first-order valence-electron chi connectivity index (χ1n) is 16.6. The molecule has 5 nitrogen and oxygen atoms in total. The van der Waals surface area contributed by atoms with Crippen LogP contribution in [0.4, 0.5) is 0 Å². The molecule has 236 valence electrons. The van der Waals surface area contributed by atoms with Crippen LogP contribution in [0.15, 0.2) is 168 Å². The lowest BCUT2D eigenvalue weighted by molar-refractivity contribution is 0.667. The number of aryl methyl sites for hydroxylation is 1. The summed E-state index contributed by atoms with van der Waals surface area (Å²) in [4.78, 5) is 19.4. The second-order valence-electron chi connectivity index (χ2n) is 12.4. The minimum atomic E-state index is 0.578. The molecule has 0 atom stereocenters. The first-order valence-corrected chi connectivity index (χ1v) is 16.6. The van der Waals surface area contributed by atoms with Gasteiger partial charge in [0.2, 0.25) is 0 Å². The fourth-order valence-electron chi connectivity index (χ4n) is 6.55. The summed E-state index contributed by atoms with van der Waals surface area (Å²) in [6.45, 7) is 2.11. The van der Waals surface area contributed by atoms with Crippen molar-refractivity contribution in [2.45, 2.75) is 6.92 Å². The highest BCUT2D eigenvalue weighted by molar-refractivity contribution is 6.12. The number of pyridine rings is 1. The van der Waals surface area contributed by atoms with E-state index in [1.54, 1.807) is 6.20 Å². The standard InChI is InChI=1S/C45H30N4O/c1-29-9-8-14-36(25-29)32-17-21-35(22-18-32)44-47-43(34-12-6-3-7-13-34)48-45(49-44)37-23-24-38-40(26-37)50-41-28-46-27-39(42(38)41)33-19-15-31(16-20-33)30-10-4-2-5-11-30/h2-28H,1H3. The van der Waals surface area contributed by atoms with Gasteiger partial charge in [0.15, 0.2) is 23.1 Å². The molecule has 0 saturated carbocycles. The lowest BCUT2D eigenvalue weighted by Gasteiger charge is -2.09. The Kier molecular flexibility index (Phi) is 7.29. The maximum atomic E-state index is 6.43. The van der Waals surface area contributed by atoms with E-state index in [-0.39, 0.29) is 0 Å². The molecule has 0 saturated heterocycles. The summed E-state index contributed by atoms with van der Waals surface area (Å²) >= 11 is 0. The van der Waals surface area contributed by atoms with E-state index >= 15 is 0 Å². The molecule has 0 spiro atoms. The summed E-state index contributed by atoms with van der Waals surface area (Å²) in [5, 5.41) is 2.04. The van der Waals surface area contributed by atoms with Gasteiger partial charge in [0, 0.05) is 39.2 Å². The normalized spacial score (nSPS) is 11.3. The fourth-order valence-corrected chi connectivity index (χ4v) is 6.55. The van der Waals surface area contributed by atoms with Gasteiger partial charge >= 0.3 is 0 Å². The van der Waals surface area contributed by atoms with E-state index in [0.29, 0.717) is 17.5 Å². The number of fused-ring (bicyclic) bond motifs is 3. The molecule has 5 heteroatoms. The van der Waals surface area contributed by atoms with Crippen LogP contribution in [-0.2, 0) is 0 Å². The summed E-state index contributed by atoms with van der Waals surface area (Å²) in [6, 6.07) is 52.1. The van der Waals surface area contributed by atoms with Crippen LogP contribution in [0, 0.1) is 6.92 Å². The van der Waals surface area contributed by atoms with Gasteiger partial charge in [-0.1, -0.05) is 145 Å². The van der Waals surface area contributed by atoms with Crippen LogP contribution in [0.2, 0.25) is 0 Å². The first kappa shape index (κ1) is 29.4. The zero-order valence-corrected chi connectivity index (χ0v) is 27.3. The van der Waals surface area contributed by atoms with Crippen LogP contribution in [0.5, 0.6) is 0 Å². The van der Waals surface area contributed by atoms with Gasteiger partial charge in [0.1, 0.15) is 5.58 Å². The Balaban J connectivity index is 1.12. The third-order valence-electron chi connectivity index (χ3n) is 9.11. The smallest absolute Gasteiger partial charge is 0.164 e. The average Bonchev–Trinajstić information content (AvgIpc) is 3.57. The van der Waals surface area contributed by atoms with Crippen molar-refractivity contribution >= 4 is 21.9 Å². The van der Waals surface area contributed by atoms with Crippen LogP contribution < -0.4 is 0 Å². The molecule has 0 aliphatic carbocycles. The van der Waals surface area contributed by atoms with Crippen molar-refractivity contribution in [2.24, 2.45) is 0 Å². The molecule has 0 aliphatic heterocycles. The Morgan fingerprint density at radius 3 is 1.60 bits per heavy atom. The molecule has 50 heavy (non-hydrogen) atoms. The van der Waals surface area contributed by atoms with E-state index in [1.165, 1.54) is 22.3 Å². The van der Waals surface area contributed by atoms with Gasteiger partial charge in [-0.15, -0.1) is 0 Å². The van der Waals surface area contributed by atoms with Gasteiger partial charge < -0.3 is 4.42 Å². The van der Waals surface area contributed by atoms with E-state index < -0.39 is 0 Å². The van der Waals surface area contributed by atoms with E-state index in [4.69, 9.17) is 19.4 Å². The van der Waals surface area contributed by atoms with Gasteiger partial charge in [-0.2, -0.15) is 0 Å². The Morgan fingerprint density at radius 1 is 0.400 bits per heavy atom. The molecule has 0 fully saturated rings. The van der Waals surface area contributed by atoms with Crippen molar-refractivity contribution in [2.75, 3.05) is 0 Å². The lowest BCUT2D eigenvalue weighted by Crippen LogP contribution is -2.00. The molecule has 6 aromatic carbocycles. The van der Waals surface area contributed by atoms with Crippen LogP contribution in [-0.4, -0.2) is 19.9 Å². The molecule has 0 bridgehead atoms. The molecule has 9 rings (SSSR count). The van der Waals surface area contributed by atoms with Gasteiger partial charge in [-0.3, -0.25) is 4.98 Å². The molecule has 0 unspecified atom stereocenters. The van der Waals surface area contributed by atoms with Gasteiger partial charge in [-0.05, 0) is 46.9 Å². The minimum Gasteiger partial charge on any atom is -0.454 e. The number of hydrogen-bond donors (Lipinski definition) is 0. The Bertz CT molecular complexity index is 2630. The minimum absolute atomic E-state index is 0.578. The number of aromatic nitrogens is 4. The third-order valence-corrected chi connectivity index (χ3v) is 9.11. The largest absolute Gasteiger partial charge is 0.454 e. The second kappa shape index (κ2) is 12.4. The van der Waals surface area contributed by atoms with Gasteiger partial charge in [0.25, 0.3) is 0 Å². The number of furan rings is 1. The second-order valence-corrected chi connectivity index (χ2v) is 12.4. The molecule has 3 aromatic heterocycles. The maximum absolute atomic E-state index is 6.43. The number of nitrogens with zero attached hydrogens (tertiary/aromatic N) is 4. The predicted octanol–water partition coefficient (Wildman–Crippen LogP) is 11.5. The average molecular weight is 643 g/mol. The Labute approximate surface area is 289 Å². The number of rotatable bonds is 6. The number of benzene rings is 6. The zero-order valence-electron chi connectivity index (χ0n) is 27.3. The van der Waals surface area contributed by atoms with E-state index in [1.807, 2.05) is 48.7 Å². The van der Waals surface area contributed by atoms with E-state index in [0.717, 1.165) is 55.3 Å². The molecule has 9 aromatic rings. The highest BCUT2D eigenvalue weighted by Gasteiger charge is 2.17.